The fraction of sp³-hybridized carbons (Fsp3) is 0.273. The lowest BCUT2D eigenvalue weighted by atomic mass is 10.2. The molecule has 0 amide bonds. The van der Waals surface area contributed by atoms with Gasteiger partial charge in [-0.25, -0.2) is 4.79 Å². The molecule has 15 heavy (non-hydrogen) atoms. The molecule has 2 N–H and O–H groups in total. The third-order valence-corrected chi connectivity index (χ3v) is 1.82. The van der Waals surface area contributed by atoms with Crippen LogP contribution in [0.25, 0.3) is 0 Å². The maximum Gasteiger partial charge on any atom is 0.328 e. The standard InChI is InChI=1S/C11H14N2O2/c1-9-4-5-10(8-13-9)7-12-6-2-3-11(14)15/h2-5,8,12H,6-7H2,1H3,(H,14,15)/b3-2+. The summed E-state index contributed by atoms with van der Waals surface area (Å²) in [6.07, 6.45) is 4.51. The minimum absolute atomic E-state index is 0.542. The molecule has 0 bridgehead atoms. The molecule has 0 aliphatic rings. The first-order valence-electron chi connectivity index (χ1n) is 4.70. The molecular weight excluding hydrogens is 192 g/mol. The van der Waals surface area contributed by atoms with Crippen LogP contribution >= 0.6 is 0 Å². The number of nitrogens with zero attached hydrogens (tertiary/aromatic N) is 1. The largest absolute Gasteiger partial charge is 0.478 e. The normalized spacial score (nSPS) is 10.7. The van der Waals surface area contributed by atoms with Gasteiger partial charge in [0.2, 0.25) is 0 Å². The number of carbonyl (C=O) groups is 1. The molecule has 0 aliphatic carbocycles. The number of aromatic nitrogens is 1. The second-order valence-corrected chi connectivity index (χ2v) is 3.18. The van der Waals surface area contributed by atoms with E-state index >= 15 is 0 Å². The summed E-state index contributed by atoms with van der Waals surface area (Å²) in [7, 11) is 0. The van der Waals surface area contributed by atoms with Gasteiger partial charge in [-0.15, -0.1) is 0 Å². The molecule has 0 spiro atoms. The summed E-state index contributed by atoms with van der Waals surface area (Å²) < 4.78 is 0. The highest BCUT2D eigenvalue weighted by molar-refractivity contribution is 5.79. The average Bonchev–Trinajstić information content (AvgIpc) is 2.20. The van der Waals surface area contributed by atoms with Crippen molar-refractivity contribution in [2.75, 3.05) is 6.54 Å². The Morgan fingerprint density at radius 1 is 1.60 bits per heavy atom. The topological polar surface area (TPSA) is 62.2 Å². The zero-order valence-corrected chi connectivity index (χ0v) is 8.60. The van der Waals surface area contributed by atoms with E-state index in [1.54, 1.807) is 6.08 Å². The zero-order valence-electron chi connectivity index (χ0n) is 8.60. The summed E-state index contributed by atoms with van der Waals surface area (Å²) in [6.45, 7) is 3.17. The van der Waals surface area contributed by atoms with E-state index in [0.29, 0.717) is 13.1 Å². The van der Waals surface area contributed by atoms with E-state index in [-0.39, 0.29) is 0 Å². The number of nitrogens with one attached hydrogen (secondary N) is 1. The Kier molecular flexibility index (Phi) is 4.50. The smallest absolute Gasteiger partial charge is 0.328 e. The first kappa shape index (κ1) is 11.4. The maximum absolute atomic E-state index is 10.1. The number of carboxylic acids is 1. The Morgan fingerprint density at radius 2 is 2.40 bits per heavy atom. The Morgan fingerprint density at radius 3 is 3.00 bits per heavy atom. The van der Waals surface area contributed by atoms with Crippen molar-refractivity contribution in [2.24, 2.45) is 0 Å². The number of hydrogen-bond donors (Lipinski definition) is 2. The first-order valence-corrected chi connectivity index (χ1v) is 4.70. The van der Waals surface area contributed by atoms with Gasteiger partial charge in [-0.2, -0.15) is 0 Å². The monoisotopic (exact) mass is 206 g/mol. The van der Waals surface area contributed by atoms with E-state index in [1.165, 1.54) is 0 Å². The lowest BCUT2D eigenvalue weighted by Gasteiger charge is -2.01. The van der Waals surface area contributed by atoms with Gasteiger partial charge in [-0.3, -0.25) is 4.98 Å². The van der Waals surface area contributed by atoms with E-state index in [1.807, 2.05) is 25.3 Å². The highest BCUT2D eigenvalue weighted by Crippen LogP contribution is 1.97. The maximum atomic E-state index is 10.1. The molecule has 1 aromatic rings. The molecule has 4 heteroatoms. The second kappa shape index (κ2) is 5.93. The van der Waals surface area contributed by atoms with Crippen LogP contribution in [0, 0.1) is 6.92 Å². The second-order valence-electron chi connectivity index (χ2n) is 3.18. The molecule has 0 atom stereocenters. The Labute approximate surface area is 88.7 Å². The zero-order chi connectivity index (χ0) is 11.1. The molecule has 1 rings (SSSR count). The molecule has 0 aliphatic heterocycles. The van der Waals surface area contributed by atoms with Crippen LogP contribution in [0.5, 0.6) is 0 Å². The Bertz CT molecular complexity index is 344. The molecule has 1 aromatic heterocycles. The highest BCUT2D eigenvalue weighted by atomic mass is 16.4. The lowest BCUT2D eigenvalue weighted by Crippen LogP contribution is -2.13. The van der Waals surface area contributed by atoms with E-state index < -0.39 is 5.97 Å². The van der Waals surface area contributed by atoms with Crippen LogP contribution in [-0.4, -0.2) is 22.6 Å². The van der Waals surface area contributed by atoms with Gasteiger partial charge in [0.05, 0.1) is 0 Å². The molecule has 0 aromatic carbocycles. The van der Waals surface area contributed by atoms with Crippen molar-refractivity contribution in [3.63, 3.8) is 0 Å². The molecule has 4 nitrogen and oxygen atoms in total. The summed E-state index contributed by atoms with van der Waals surface area (Å²) in [5.41, 5.74) is 2.08. The highest BCUT2D eigenvalue weighted by Gasteiger charge is 1.91. The lowest BCUT2D eigenvalue weighted by molar-refractivity contribution is -0.131. The van der Waals surface area contributed by atoms with Crippen LogP contribution in [0.1, 0.15) is 11.3 Å². The van der Waals surface area contributed by atoms with Crippen molar-refractivity contribution in [3.05, 3.63) is 41.7 Å². The summed E-state index contributed by atoms with van der Waals surface area (Å²) >= 11 is 0. The van der Waals surface area contributed by atoms with Gasteiger partial charge in [0, 0.05) is 31.1 Å². The van der Waals surface area contributed by atoms with Crippen LogP contribution in [0.3, 0.4) is 0 Å². The van der Waals surface area contributed by atoms with Crippen LogP contribution in [0.15, 0.2) is 30.5 Å². The van der Waals surface area contributed by atoms with E-state index in [0.717, 1.165) is 17.3 Å². The summed E-state index contributed by atoms with van der Waals surface area (Å²) in [6, 6.07) is 3.94. The molecule has 0 saturated heterocycles. The molecule has 0 fully saturated rings. The van der Waals surface area contributed by atoms with E-state index in [4.69, 9.17) is 5.11 Å². The summed E-state index contributed by atoms with van der Waals surface area (Å²) in [5.74, 6) is -0.922. The van der Waals surface area contributed by atoms with Gasteiger partial charge < -0.3 is 10.4 Å². The number of aryl methyl sites for hydroxylation is 1. The van der Waals surface area contributed by atoms with Crippen LogP contribution in [-0.2, 0) is 11.3 Å². The SMILES string of the molecule is Cc1ccc(CNC/C=C/C(=O)O)cn1. The van der Waals surface area contributed by atoms with Crippen LogP contribution < -0.4 is 5.32 Å². The van der Waals surface area contributed by atoms with Crippen molar-refractivity contribution in [1.29, 1.82) is 0 Å². The van der Waals surface area contributed by atoms with Crippen molar-refractivity contribution in [2.45, 2.75) is 13.5 Å². The molecule has 0 saturated carbocycles. The Hall–Kier alpha value is -1.68. The van der Waals surface area contributed by atoms with Crippen molar-refractivity contribution < 1.29 is 9.90 Å². The molecule has 0 unspecified atom stereocenters. The summed E-state index contributed by atoms with van der Waals surface area (Å²) in [4.78, 5) is 14.3. The average molecular weight is 206 g/mol. The number of carboxylic acid groups (broad SMARTS) is 1. The summed E-state index contributed by atoms with van der Waals surface area (Å²) in [5, 5.41) is 11.4. The van der Waals surface area contributed by atoms with Gasteiger partial charge in [-0.1, -0.05) is 12.1 Å². The van der Waals surface area contributed by atoms with Gasteiger partial charge in [0.25, 0.3) is 0 Å². The van der Waals surface area contributed by atoms with Crippen LogP contribution in [0.4, 0.5) is 0 Å². The van der Waals surface area contributed by atoms with Crippen LogP contribution in [0.2, 0.25) is 0 Å². The predicted molar refractivity (Wildman–Crippen MR) is 57.5 cm³/mol. The third kappa shape index (κ3) is 4.93. The van der Waals surface area contributed by atoms with E-state index in [2.05, 4.69) is 10.3 Å². The number of aliphatic carboxylic acids is 1. The van der Waals surface area contributed by atoms with Gasteiger partial charge >= 0.3 is 5.97 Å². The van der Waals surface area contributed by atoms with Gasteiger partial charge in [-0.05, 0) is 18.6 Å². The Balaban J connectivity index is 2.26. The fourth-order valence-corrected chi connectivity index (χ4v) is 1.06. The van der Waals surface area contributed by atoms with Gasteiger partial charge in [0.15, 0.2) is 0 Å². The first-order chi connectivity index (χ1) is 7.18. The molecule has 0 radical (unpaired) electrons. The minimum atomic E-state index is -0.922. The van der Waals surface area contributed by atoms with Crippen molar-refractivity contribution in [3.8, 4) is 0 Å². The fourth-order valence-electron chi connectivity index (χ4n) is 1.06. The number of hydrogen-bond acceptors (Lipinski definition) is 3. The van der Waals surface area contributed by atoms with E-state index in [9.17, 15) is 4.79 Å². The predicted octanol–water partition coefficient (Wildman–Crippen LogP) is 1.12. The number of pyridine rings is 1. The molecule has 1 heterocycles. The minimum Gasteiger partial charge on any atom is -0.478 e. The molecule has 80 valence electrons. The van der Waals surface area contributed by atoms with Gasteiger partial charge in [0.1, 0.15) is 0 Å². The number of rotatable bonds is 5. The van der Waals surface area contributed by atoms with Crippen molar-refractivity contribution in [1.82, 2.24) is 10.3 Å². The van der Waals surface area contributed by atoms with Crippen molar-refractivity contribution >= 4 is 5.97 Å². The quantitative estimate of drug-likeness (QED) is 0.560. The third-order valence-electron chi connectivity index (χ3n) is 1.82. The molecular formula is C11H14N2O2.